The zero-order chi connectivity index (χ0) is 10.7. The lowest BCUT2D eigenvalue weighted by molar-refractivity contribution is 0.338. The minimum Gasteiger partial charge on any atom is -0.337 e. The molecular weight excluding hydrogens is 188 g/mol. The number of hydrogen-bond acceptors (Lipinski definition) is 3. The van der Waals surface area contributed by atoms with E-state index in [2.05, 4.69) is 14.9 Å². The smallest absolute Gasteiger partial charge is 0.122 e. The Balaban J connectivity index is 1.77. The molecule has 0 aromatic carbocycles. The Hall–Kier alpha value is -0.870. The molecule has 0 radical (unpaired) electrons. The second kappa shape index (κ2) is 4.77. The lowest BCUT2D eigenvalue weighted by Gasteiger charge is -2.26. The third-order valence-corrected chi connectivity index (χ3v) is 3.24. The van der Waals surface area contributed by atoms with Crippen LogP contribution in [0.25, 0.3) is 0 Å². The summed E-state index contributed by atoms with van der Waals surface area (Å²) < 4.78 is 2.06. The van der Waals surface area contributed by atoms with Gasteiger partial charge in [0.15, 0.2) is 0 Å². The van der Waals surface area contributed by atoms with Crippen molar-refractivity contribution in [1.29, 1.82) is 0 Å². The van der Waals surface area contributed by atoms with E-state index in [1.165, 1.54) is 12.8 Å². The molecule has 1 heterocycles. The second-order valence-electron chi connectivity index (χ2n) is 4.45. The zero-order valence-electron chi connectivity index (χ0n) is 9.32. The van der Waals surface area contributed by atoms with E-state index in [0.717, 1.165) is 25.2 Å². The average Bonchev–Trinajstić information content (AvgIpc) is 2.63. The van der Waals surface area contributed by atoms with Crippen LogP contribution in [0, 0.1) is 0 Å². The minimum absolute atomic E-state index is 0.427. The van der Waals surface area contributed by atoms with Gasteiger partial charge in [-0.3, -0.25) is 0 Å². The van der Waals surface area contributed by atoms with Crippen LogP contribution in [0.1, 0.15) is 31.5 Å². The molecule has 0 saturated heterocycles. The van der Waals surface area contributed by atoms with Gasteiger partial charge in [0.05, 0.1) is 6.54 Å². The van der Waals surface area contributed by atoms with E-state index in [1.54, 1.807) is 0 Å². The lowest BCUT2D eigenvalue weighted by Crippen LogP contribution is -2.37. The SMILES string of the molecule is Cn1ccnc1CNC1CCC(N)CC1. The maximum Gasteiger partial charge on any atom is 0.122 e. The number of imidazole rings is 1. The molecule has 4 heteroatoms. The summed E-state index contributed by atoms with van der Waals surface area (Å²) in [7, 11) is 2.03. The molecule has 1 aromatic rings. The molecule has 0 spiro atoms. The summed E-state index contributed by atoms with van der Waals surface area (Å²) >= 11 is 0. The summed E-state index contributed by atoms with van der Waals surface area (Å²) in [4.78, 5) is 4.29. The van der Waals surface area contributed by atoms with Crippen LogP contribution in [0.3, 0.4) is 0 Å². The highest BCUT2D eigenvalue weighted by atomic mass is 15.1. The fourth-order valence-corrected chi connectivity index (χ4v) is 2.13. The van der Waals surface area contributed by atoms with Crippen molar-refractivity contribution in [2.75, 3.05) is 0 Å². The van der Waals surface area contributed by atoms with Crippen molar-refractivity contribution in [1.82, 2.24) is 14.9 Å². The largest absolute Gasteiger partial charge is 0.337 e. The number of aryl methyl sites for hydroxylation is 1. The van der Waals surface area contributed by atoms with Crippen molar-refractivity contribution in [3.63, 3.8) is 0 Å². The van der Waals surface area contributed by atoms with E-state index in [4.69, 9.17) is 5.73 Å². The van der Waals surface area contributed by atoms with Crippen LogP contribution in [0.5, 0.6) is 0 Å². The number of rotatable bonds is 3. The molecule has 84 valence electrons. The Kier molecular flexibility index (Phi) is 3.38. The molecule has 1 saturated carbocycles. The van der Waals surface area contributed by atoms with Gasteiger partial charge in [0.2, 0.25) is 0 Å². The van der Waals surface area contributed by atoms with Gasteiger partial charge < -0.3 is 15.6 Å². The highest BCUT2D eigenvalue weighted by molar-refractivity contribution is 4.91. The van der Waals surface area contributed by atoms with Crippen LogP contribution in [-0.4, -0.2) is 21.6 Å². The molecule has 0 unspecified atom stereocenters. The van der Waals surface area contributed by atoms with Gasteiger partial charge in [-0.25, -0.2) is 4.98 Å². The second-order valence-corrected chi connectivity index (χ2v) is 4.45. The molecule has 15 heavy (non-hydrogen) atoms. The minimum atomic E-state index is 0.427. The quantitative estimate of drug-likeness (QED) is 0.772. The number of hydrogen-bond donors (Lipinski definition) is 2. The van der Waals surface area contributed by atoms with Crippen molar-refractivity contribution in [2.45, 2.75) is 44.3 Å². The first kappa shape index (κ1) is 10.6. The van der Waals surface area contributed by atoms with Gasteiger partial charge in [-0.05, 0) is 25.7 Å². The molecule has 4 nitrogen and oxygen atoms in total. The third kappa shape index (κ3) is 2.79. The van der Waals surface area contributed by atoms with Gasteiger partial charge in [0, 0.05) is 31.5 Å². The van der Waals surface area contributed by atoms with Crippen molar-refractivity contribution in [2.24, 2.45) is 12.8 Å². The molecule has 0 aliphatic heterocycles. The molecule has 1 aromatic heterocycles. The molecule has 0 atom stereocenters. The number of nitrogens with two attached hydrogens (primary N) is 1. The Morgan fingerprint density at radius 2 is 2.20 bits per heavy atom. The van der Waals surface area contributed by atoms with Crippen molar-refractivity contribution < 1.29 is 0 Å². The van der Waals surface area contributed by atoms with Gasteiger partial charge >= 0.3 is 0 Å². The highest BCUT2D eigenvalue weighted by Crippen LogP contribution is 2.17. The van der Waals surface area contributed by atoms with Gasteiger partial charge in [-0.15, -0.1) is 0 Å². The van der Waals surface area contributed by atoms with E-state index in [-0.39, 0.29) is 0 Å². The molecule has 2 rings (SSSR count). The molecular formula is C11H20N4. The van der Waals surface area contributed by atoms with Crippen molar-refractivity contribution >= 4 is 0 Å². The van der Waals surface area contributed by atoms with E-state index in [0.29, 0.717) is 12.1 Å². The molecule has 3 N–H and O–H groups in total. The van der Waals surface area contributed by atoms with Crippen molar-refractivity contribution in [3.05, 3.63) is 18.2 Å². The fraction of sp³-hybridized carbons (Fsp3) is 0.727. The lowest BCUT2D eigenvalue weighted by atomic mass is 9.92. The first-order valence-electron chi connectivity index (χ1n) is 5.71. The Labute approximate surface area is 90.9 Å². The van der Waals surface area contributed by atoms with Crippen LogP contribution in [-0.2, 0) is 13.6 Å². The summed E-state index contributed by atoms with van der Waals surface area (Å²) in [5, 5.41) is 3.55. The maximum absolute atomic E-state index is 5.87. The highest BCUT2D eigenvalue weighted by Gasteiger charge is 2.17. The Morgan fingerprint density at radius 1 is 1.47 bits per heavy atom. The first-order chi connectivity index (χ1) is 7.25. The molecule has 1 fully saturated rings. The van der Waals surface area contributed by atoms with Crippen LogP contribution < -0.4 is 11.1 Å². The van der Waals surface area contributed by atoms with Crippen LogP contribution in [0.2, 0.25) is 0 Å². The van der Waals surface area contributed by atoms with Crippen LogP contribution in [0.15, 0.2) is 12.4 Å². The standard InChI is InChI=1S/C11H20N4/c1-15-7-6-13-11(15)8-14-10-4-2-9(12)3-5-10/h6-7,9-10,14H,2-5,8,12H2,1H3. The van der Waals surface area contributed by atoms with Crippen molar-refractivity contribution in [3.8, 4) is 0 Å². The van der Waals surface area contributed by atoms with Crippen LogP contribution >= 0.6 is 0 Å². The number of nitrogens with zero attached hydrogens (tertiary/aromatic N) is 2. The van der Waals surface area contributed by atoms with Crippen LogP contribution in [0.4, 0.5) is 0 Å². The predicted octanol–water partition coefficient (Wildman–Crippen LogP) is 0.780. The zero-order valence-corrected chi connectivity index (χ0v) is 9.32. The Morgan fingerprint density at radius 3 is 2.80 bits per heavy atom. The predicted molar refractivity (Wildman–Crippen MR) is 60.3 cm³/mol. The molecule has 1 aliphatic rings. The van der Waals surface area contributed by atoms with Gasteiger partial charge in [0.25, 0.3) is 0 Å². The average molecular weight is 208 g/mol. The summed E-state index contributed by atoms with van der Waals surface area (Å²) in [6.45, 7) is 0.864. The number of aromatic nitrogens is 2. The molecule has 0 amide bonds. The third-order valence-electron chi connectivity index (χ3n) is 3.24. The fourth-order valence-electron chi connectivity index (χ4n) is 2.13. The van der Waals surface area contributed by atoms with E-state index in [9.17, 15) is 0 Å². The van der Waals surface area contributed by atoms with E-state index >= 15 is 0 Å². The summed E-state index contributed by atoms with van der Waals surface area (Å²) in [5.74, 6) is 1.10. The van der Waals surface area contributed by atoms with Gasteiger partial charge in [-0.1, -0.05) is 0 Å². The summed E-state index contributed by atoms with van der Waals surface area (Å²) in [5.41, 5.74) is 5.87. The van der Waals surface area contributed by atoms with Gasteiger partial charge in [-0.2, -0.15) is 0 Å². The summed E-state index contributed by atoms with van der Waals surface area (Å²) in [6.07, 6.45) is 8.52. The monoisotopic (exact) mass is 208 g/mol. The maximum atomic E-state index is 5.87. The van der Waals surface area contributed by atoms with Gasteiger partial charge in [0.1, 0.15) is 5.82 Å². The molecule has 1 aliphatic carbocycles. The Bertz CT molecular complexity index is 299. The first-order valence-corrected chi connectivity index (χ1v) is 5.71. The number of nitrogens with one attached hydrogen (secondary N) is 1. The van der Waals surface area contributed by atoms with E-state index < -0.39 is 0 Å². The topological polar surface area (TPSA) is 55.9 Å². The summed E-state index contributed by atoms with van der Waals surface area (Å²) in [6, 6.07) is 1.05. The molecule has 0 bridgehead atoms. The normalized spacial score (nSPS) is 26.8. The van der Waals surface area contributed by atoms with E-state index in [1.807, 2.05) is 19.4 Å².